The highest BCUT2D eigenvalue weighted by Crippen LogP contribution is 2.21. The van der Waals surface area contributed by atoms with Crippen molar-refractivity contribution in [3.8, 4) is 0 Å². The van der Waals surface area contributed by atoms with Crippen LogP contribution >= 0.6 is 35.0 Å². The highest BCUT2D eigenvalue weighted by Gasteiger charge is 2.15. The molecular weight excluding hydrogens is 459 g/mol. The minimum absolute atomic E-state index is 0.0372. The van der Waals surface area contributed by atoms with Crippen LogP contribution in [0.15, 0.2) is 52.4 Å². The number of nitrogens with zero attached hydrogens (tertiary/aromatic N) is 2. The Bertz CT molecular complexity index is 1180. The summed E-state index contributed by atoms with van der Waals surface area (Å²) in [6, 6.07) is 11.2. The molecule has 31 heavy (non-hydrogen) atoms. The Labute approximate surface area is 193 Å². The molecule has 0 bridgehead atoms. The maximum Gasteiger partial charge on any atom is 0.269 e. The number of hydrazine groups is 1. The van der Waals surface area contributed by atoms with Crippen molar-refractivity contribution >= 4 is 57.7 Å². The van der Waals surface area contributed by atoms with E-state index < -0.39 is 11.8 Å². The minimum atomic E-state index is -0.465. The predicted molar refractivity (Wildman–Crippen MR) is 124 cm³/mol. The molecule has 0 aliphatic carbocycles. The van der Waals surface area contributed by atoms with E-state index in [-0.39, 0.29) is 17.2 Å². The molecule has 2 aromatic carbocycles. The Morgan fingerprint density at radius 1 is 1.06 bits per heavy atom. The molecule has 1 heterocycles. The van der Waals surface area contributed by atoms with Gasteiger partial charge < -0.3 is 0 Å². The van der Waals surface area contributed by atoms with Gasteiger partial charge in [0.15, 0.2) is 5.16 Å². The summed E-state index contributed by atoms with van der Waals surface area (Å²) in [6.45, 7) is 4.43. The van der Waals surface area contributed by atoms with Gasteiger partial charge in [0.1, 0.15) is 0 Å². The first kappa shape index (κ1) is 23.1. The van der Waals surface area contributed by atoms with E-state index in [9.17, 15) is 14.4 Å². The molecule has 2 N–H and O–H groups in total. The largest absolute Gasteiger partial charge is 0.287 e. The second-order valence-electron chi connectivity index (χ2n) is 7.16. The summed E-state index contributed by atoms with van der Waals surface area (Å²) in [4.78, 5) is 41.8. The van der Waals surface area contributed by atoms with Gasteiger partial charge in [0.25, 0.3) is 11.5 Å². The van der Waals surface area contributed by atoms with E-state index >= 15 is 0 Å². The van der Waals surface area contributed by atoms with Crippen LogP contribution in [0.4, 0.5) is 0 Å². The third-order valence-corrected chi connectivity index (χ3v) is 5.65. The Hall–Kier alpha value is -2.55. The lowest BCUT2D eigenvalue weighted by atomic mass is 10.2. The first-order valence-corrected chi connectivity index (χ1v) is 11.2. The normalized spacial score (nSPS) is 11.0. The lowest BCUT2D eigenvalue weighted by Gasteiger charge is -2.15. The van der Waals surface area contributed by atoms with Gasteiger partial charge in [-0.15, -0.1) is 0 Å². The monoisotopic (exact) mass is 478 g/mol. The van der Waals surface area contributed by atoms with E-state index in [1.54, 1.807) is 47.0 Å². The summed E-state index contributed by atoms with van der Waals surface area (Å²) in [6.07, 6.45) is 0. The number of carbonyl (C=O) groups is 2. The number of aromatic nitrogens is 2. The van der Waals surface area contributed by atoms with Gasteiger partial charge >= 0.3 is 0 Å². The fourth-order valence-corrected chi connectivity index (χ4v) is 3.88. The molecule has 0 unspecified atom stereocenters. The van der Waals surface area contributed by atoms with Crippen LogP contribution in [0.2, 0.25) is 10.0 Å². The van der Waals surface area contributed by atoms with E-state index in [2.05, 4.69) is 15.8 Å². The highest BCUT2D eigenvalue weighted by atomic mass is 35.5. The van der Waals surface area contributed by atoms with Gasteiger partial charge in [0.05, 0.1) is 16.7 Å². The zero-order chi connectivity index (χ0) is 22.5. The van der Waals surface area contributed by atoms with E-state index in [0.29, 0.717) is 38.2 Å². The summed E-state index contributed by atoms with van der Waals surface area (Å²) in [5.74, 6) is -0.742. The Morgan fingerprint density at radius 3 is 2.42 bits per heavy atom. The fraction of sp³-hybridized carbons (Fsp3) is 0.238. The molecule has 3 aromatic rings. The number of hydrogen-bond acceptors (Lipinski definition) is 5. The number of hydrogen-bond donors (Lipinski definition) is 2. The van der Waals surface area contributed by atoms with Crippen LogP contribution in [-0.2, 0) is 11.3 Å². The molecule has 0 aliphatic heterocycles. The number of rotatable bonds is 6. The van der Waals surface area contributed by atoms with Crippen LogP contribution in [-0.4, -0.2) is 27.1 Å². The third kappa shape index (κ3) is 6.00. The summed E-state index contributed by atoms with van der Waals surface area (Å²) in [7, 11) is 0. The molecule has 1 aromatic heterocycles. The Balaban J connectivity index is 1.71. The molecule has 7 nitrogen and oxygen atoms in total. The number of nitrogens with one attached hydrogen (secondary N) is 2. The quantitative estimate of drug-likeness (QED) is 0.318. The van der Waals surface area contributed by atoms with Crippen LogP contribution in [0.25, 0.3) is 10.9 Å². The van der Waals surface area contributed by atoms with Gasteiger partial charge in [-0.2, -0.15) is 0 Å². The van der Waals surface area contributed by atoms with Gasteiger partial charge in [-0.25, -0.2) is 4.98 Å². The maximum absolute atomic E-state index is 13.0. The van der Waals surface area contributed by atoms with Crippen LogP contribution in [0, 0.1) is 5.92 Å². The Morgan fingerprint density at radius 2 is 1.74 bits per heavy atom. The smallest absolute Gasteiger partial charge is 0.269 e. The second-order valence-corrected chi connectivity index (χ2v) is 8.98. The molecule has 0 saturated heterocycles. The molecule has 162 valence electrons. The first-order valence-electron chi connectivity index (χ1n) is 9.42. The molecular formula is C21H20Cl2N4O3S. The van der Waals surface area contributed by atoms with Gasteiger partial charge in [-0.3, -0.25) is 29.8 Å². The zero-order valence-electron chi connectivity index (χ0n) is 16.8. The van der Waals surface area contributed by atoms with E-state index in [1.807, 2.05) is 13.8 Å². The molecule has 2 amide bonds. The summed E-state index contributed by atoms with van der Waals surface area (Å²) >= 11 is 12.9. The SMILES string of the molecule is CC(C)Cn1c(SCC(=O)NNC(=O)c2ccc(Cl)cc2)nc2ccc(Cl)cc2c1=O. The van der Waals surface area contributed by atoms with Crippen molar-refractivity contribution in [2.75, 3.05) is 5.75 Å². The van der Waals surface area contributed by atoms with Crippen LogP contribution in [0.3, 0.4) is 0 Å². The number of thioether (sulfide) groups is 1. The van der Waals surface area contributed by atoms with E-state index in [1.165, 1.54) is 0 Å². The predicted octanol–water partition coefficient (Wildman–Crippen LogP) is 3.91. The Kier molecular flexibility index (Phi) is 7.59. The van der Waals surface area contributed by atoms with Crippen molar-refractivity contribution in [2.45, 2.75) is 25.5 Å². The second kappa shape index (κ2) is 10.2. The third-order valence-electron chi connectivity index (χ3n) is 4.18. The topological polar surface area (TPSA) is 93.1 Å². The average molecular weight is 479 g/mol. The van der Waals surface area contributed by atoms with Gasteiger partial charge in [0, 0.05) is 22.2 Å². The number of benzene rings is 2. The zero-order valence-corrected chi connectivity index (χ0v) is 19.1. The molecule has 0 radical (unpaired) electrons. The lowest BCUT2D eigenvalue weighted by Crippen LogP contribution is -2.42. The number of halogens is 2. The molecule has 3 rings (SSSR count). The van der Waals surface area contributed by atoms with E-state index in [0.717, 1.165) is 11.8 Å². The van der Waals surface area contributed by atoms with E-state index in [4.69, 9.17) is 23.2 Å². The number of carbonyl (C=O) groups excluding carboxylic acids is 2. The van der Waals surface area contributed by atoms with Crippen molar-refractivity contribution in [1.29, 1.82) is 0 Å². The fourth-order valence-electron chi connectivity index (χ4n) is 2.78. The van der Waals surface area contributed by atoms with Crippen molar-refractivity contribution in [3.05, 3.63) is 68.4 Å². The molecule has 0 fully saturated rings. The van der Waals surface area contributed by atoms with Crippen molar-refractivity contribution < 1.29 is 9.59 Å². The summed E-state index contributed by atoms with van der Waals surface area (Å²) < 4.78 is 1.55. The first-order chi connectivity index (χ1) is 14.7. The van der Waals surface area contributed by atoms with Crippen molar-refractivity contribution in [2.24, 2.45) is 5.92 Å². The summed E-state index contributed by atoms with van der Waals surface area (Å²) in [5.41, 5.74) is 5.37. The molecule has 10 heteroatoms. The van der Waals surface area contributed by atoms with Crippen molar-refractivity contribution in [3.63, 3.8) is 0 Å². The number of fused-ring (bicyclic) bond motifs is 1. The average Bonchev–Trinajstić information content (AvgIpc) is 2.73. The van der Waals surface area contributed by atoms with Gasteiger partial charge in [-0.05, 0) is 48.4 Å². The molecule has 0 atom stereocenters. The van der Waals surface area contributed by atoms with Gasteiger partial charge in [0.2, 0.25) is 5.91 Å². The highest BCUT2D eigenvalue weighted by molar-refractivity contribution is 7.99. The summed E-state index contributed by atoms with van der Waals surface area (Å²) in [5, 5.41) is 1.82. The van der Waals surface area contributed by atoms with Crippen molar-refractivity contribution in [1.82, 2.24) is 20.4 Å². The molecule has 0 saturated carbocycles. The van der Waals surface area contributed by atoms with Crippen LogP contribution in [0.1, 0.15) is 24.2 Å². The lowest BCUT2D eigenvalue weighted by molar-refractivity contribution is -0.119. The molecule has 0 aliphatic rings. The minimum Gasteiger partial charge on any atom is -0.287 e. The van der Waals surface area contributed by atoms with Gasteiger partial charge in [-0.1, -0.05) is 48.8 Å². The van der Waals surface area contributed by atoms with Crippen LogP contribution in [0.5, 0.6) is 0 Å². The molecule has 0 spiro atoms. The van der Waals surface area contributed by atoms with Crippen LogP contribution < -0.4 is 16.4 Å². The number of amides is 2. The maximum atomic E-state index is 13.0. The standard InChI is InChI=1S/C21H20Cl2N4O3S/c1-12(2)10-27-20(30)16-9-15(23)7-8-17(16)24-21(27)31-11-18(28)25-26-19(29)13-3-5-14(22)6-4-13/h3-9,12H,10-11H2,1-2H3,(H,25,28)(H,26,29).